The Kier molecular flexibility index (Phi) is 2.83. The lowest BCUT2D eigenvalue weighted by Gasteiger charge is -2.15. The molecular weight excluding hydrogens is 204 g/mol. The van der Waals surface area contributed by atoms with E-state index in [1.54, 1.807) is 0 Å². The van der Waals surface area contributed by atoms with Gasteiger partial charge >= 0.3 is 5.97 Å². The molecule has 0 spiro atoms. The third-order valence-electron chi connectivity index (χ3n) is 3.08. The number of hydrogen-bond donors (Lipinski definition) is 3. The summed E-state index contributed by atoms with van der Waals surface area (Å²) in [6.07, 6.45) is 1.68. The highest BCUT2D eigenvalue weighted by atomic mass is 16.4. The lowest BCUT2D eigenvalue weighted by atomic mass is 10.0. The lowest BCUT2D eigenvalue weighted by molar-refractivity contribution is -0.138. The summed E-state index contributed by atoms with van der Waals surface area (Å²) in [5, 5.41) is 12.0. The Morgan fingerprint density at radius 3 is 3.06 bits per heavy atom. The highest BCUT2D eigenvalue weighted by Crippen LogP contribution is 2.27. The normalized spacial score (nSPS) is 20.0. The molecule has 0 bridgehead atoms. The van der Waals surface area contributed by atoms with Gasteiger partial charge in [0.15, 0.2) is 0 Å². The molecular formula is C12H16N2O2. The summed E-state index contributed by atoms with van der Waals surface area (Å²) in [6.45, 7) is 2.10. The van der Waals surface area contributed by atoms with E-state index >= 15 is 0 Å². The zero-order valence-corrected chi connectivity index (χ0v) is 9.23. The number of carboxylic acid groups (broad SMARTS) is 1. The van der Waals surface area contributed by atoms with E-state index < -0.39 is 12.0 Å². The number of carboxylic acids is 1. The number of anilines is 1. The first-order chi connectivity index (χ1) is 7.61. The molecule has 1 aromatic carbocycles. The topological polar surface area (TPSA) is 75.4 Å². The van der Waals surface area contributed by atoms with Crippen LogP contribution in [0.3, 0.4) is 0 Å². The monoisotopic (exact) mass is 220 g/mol. The molecule has 2 unspecified atom stereocenters. The minimum atomic E-state index is -0.957. The number of hydrogen-bond acceptors (Lipinski definition) is 3. The van der Waals surface area contributed by atoms with Crippen LogP contribution in [0.15, 0.2) is 18.2 Å². The lowest BCUT2D eigenvalue weighted by Crippen LogP contribution is -2.45. The Morgan fingerprint density at radius 2 is 2.44 bits per heavy atom. The number of nitrogens with two attached hydrogens (primary N) is 1. The summed E-state index contributed by atoms with van der Waals surface area (Å²) in [7, 11) is 0. The maximum absolute atomic E-state index is 10.8. The quantitative estimate of drug-likeness (QED) is 0.710. The van der Waals surface area contributed by atoms with Crippen LogP contribution in [-0.4, -0.2) is 23.2 Å². The number of fused-ring (bicyclic) bond motifs is 1. The van der Waals surface area contributed by atoms with Crippen molar-refractivity contribution in [3.8, 4) is 0 Å². The molecule has 0 aliphatic carbocycles. The number of carbonyl (C=O) groups is 1. The fourth-order valence-electron chi connectivity index (χ4n) is 2.05. The summed E-state index contributed by atoms with van der Waals surface area (Å²) in [5.74, 6) is -0.957. The van der Waals surface area contributed by atoms with Gasteiger partial charge in [-0.05, 0) is 30.0 Å². The van der Waals surface area contributed by atoms with E-state index in [-0.39, 0.29) is 6.04 Å². The van der Waals surface area contributed by atoms with Crippen LogP contribution < -0.4 is 11.1 Å². The van der Waals surface area contributed by atoms with Gasteiger partial charge in [-0.3, -0.25) is 4.79 Å². The van der Waals surface area contributed by atoms with E-state index in [0.29, 0.717) is 6.42 Å². The van der Waals surface area contributed by atoms with Crippen LogP contribution in [0.25, 0.3) is 0 Å². The predicted octanol–water partition coefficient (Wildman–Crippen LogP) is 0.997. The second kappa shape index (κ2) is 4.14. The van der Waals surface area contributed by atoms with Crippen LogP contribution in [0.4, 0.5) is 5.69 Å². The van der Waals surface area contributed by atoms with E-state index in [2.05, 4.69) is 24.4 Å². The summed E-state index contributed by atoms with van der Waals surface area (Å²) >= 11 is 0. The van der Waals surface area contributed by atoms with Gasteiger partial charge in [0, 0.05) is 5.69 Å². The number of nitrogens with one attached hydrogen (secondary N) is 1. The Bertz CT molecular complexity index is 417. The Labute approximate surface area is 94.5 Å². The van der Waals surface area contributed by atoms with Crippen molar-refractivity contribution >= 4 is 11.7 Å². The largest absolute Gasteiger partial charge is 0.480 e. The summed E-state index contributed by atoms with van der Waals surface area (Å²) in [5.41, 5.74) is 9.06. The molecule has 1 aliphatic heterocycles. The SMILES string of the molecule is CCc1ccc2c(c1)CC(C(N)C(=O)O)N2. The van der Waals surface area contributed by atoms with Crippen LogP contribution in [0.5, 0.6) is 0 Å². The maximum Gasteiger partial charge on any atom is 0.322 e. The molecule has 0 aromatic heterocycles. The molecule has 0 saturated heterocycles. The fraction of sp³-hybridized carbons (Fsp3) is 0.417. The van der Waals surface area contributed by atoms with Gasteiger partial charge in [0.2, 0.25) is 0 Å². The molecule has 86 valence electrons. The van der Waals surface area contributed by atoms with Gasteiger partial charge in [0.05, 0.1) is 6.04 Å². The van der Waals surface area contributed by atoms with Crippen molar-refractivity contribution in [2.75, 3.05) is 5.32 Å². The number of aryl methyl sites for hydroxylation is 1. The smallest absolute Gasteiger partial charge is 0.322 e. The Morgan fingerprint density at radius 1 is 1.69 bits per heavy atom. The van der Waals surface area contributed by atoms with Gasteiger partial charge in [-0.25, -0.2) is 0 Å². The van der Waals surface area contributed by atoms with E-state index in [9.17, 15) is 4.79 Å². The first-order valence-corrected chi connectivity index (χ1v) is 5.48. The van der Waals surface area contributed by atoms with Crippen LogP contribution in [0.2, 0.25) is 0 Å². The third-order valence-corrected chi connectivity index (χ3v) is 3.08. The molecule has 0 saturated carbocycles. The van der Waals surface area contributed by atoms with Gasteiger partial charge in [-0.15, -0.1) is 0 Å². The predicted molar refractivity (Wildman–Crippen MR) is 62.5 cm³/mol. The standard InChI is InChI=1S/C12H16N2O2/c1-2-7-3-4-9-8(5-7)6-10(14-9)11(13)12(15)16/h3-5,10-11,14H,2,6,13H2,1H3,(H,15,16). The molecule has 1 aromatic rings. The fourth-order valence-corrected chi connectivity index (χ4v) is 2.05. The van der Waals surface area contributed by atoms with Crippen molar-refractivity contribution in [2.45, 2.75) is 31.8 Å². The number of rotatable bonds is 3. The maximum atomic E-state index is 10.8. The van der Waals surface area contributed by atoms with E-state index in [1.165, 1.54) is 11.1 Å². The highest BCUT2D eigenvalue weighted by Gasteiger charge is 2.29. The van der Waals surface area contributed by atoms with Crippen molar-refractivity contribution in [1.82, 2.24) is 0 Å². The minimum absolute atomic E-state index is 0.195. The first-order valence-electron chi connectivity index (χ1n) is 5.48. The molecule has 2 rings (SSSR count). The van der Waals surface area contributed by atoms with E-state index in [1.807, 2.05) is 6.07 Å². The molecule has 1 heterocycles. The Hall–Kier alpha value is -1.55. The van der Waals surface area contributed by atoms with Crippen LogP contribution in [-0.2, 0) is 17.6 Å². The molecule has 2 atom stereocenters. The van der Waals surface area contributed by atoms with Crippen molar-refractivity contribution in [1.29, 1.82) is 0 Å². The number of aliphatic carboxylic acids is 1. The van der Waals surface area contributed by atoms with Crippen LogP contribution in [0, 0.1) is 0 Å². The minimum Gasteiger partial charge on any atom is -0.480 e. The molecule has 0 fully saturated rings. The van der Waals surface area contributed by atoms with Gasteiger partial charge in [0.25, 0.3) is 0 Å². The third kappa shape index (κ3) is 1.88. The molecule has 0 radical (unpaired) electrons. The van der Waals surface area contributed by atoms with Gasteiger partial charge in [0.1, 0.15) is 6.04 Å². The van der Waals surface area contributed by atoms with Crippen molar-refractivity contribution < 1.29 is 9.90 Å². The zero-order chi connectivity index (χ0) is 11.7. The molecule has 4 heteroatoms. The molecule has 4 nitrogen and oxygen atoms in total. The van der Waals surface area contributed by atoms with Crippen LogP contribution >= 0.6 is 0 Å². The summed E-state index contributed by atoms with van der Waals surface area (Å²) in [4.78, 5) is 10.8. The Balaban J connectivity index is 2.17. The van der Waals surface area contributed by atoms with Crippen molar-refractivity contribution in [3.05, 3.63) is 29.3 Å². The van der Waals surface area contributed by atoms with Gasteiger partial charge in [-0.2, -0.15) is 0 Å². The average Bonchev–Trinajstić information content (AvgIpc) is 2.69. The molecule has 0 amide bonds. The zero-order valence-electron chi connectivity index (χ0n) is 9.23. The molecule has 16 heavy (non-hydrogen) atoms. The average molecular weight is 220 g/mol. The van der Waals surface area contributed by atoms with Crippen molar-refractivity contribution in [2.24, 2.45) is 5.73 Å². The van der Waals surface area contributed by atoms with E-state index in [4.69, 9.17) is 10.8 Å². The molecule has 4 N–H and O–H groups in total. The first kappa shape index (κ1) is 11.0. The summed E-state index contributed by atoms with van der Waals surface area (Å²) < 4.78 is 0. The van der Waals surface area contributed by atoms with E-state index in [0.717, 1.165) is 12.1 Å². The van der Waals surface area contributed by atoms with Crippen LogP contribution in [0.1, 0.15) is 18.1 Å². The van der Waals surface area contributed by atoms with Crippen molar-refractivity contribution in [3.63, 3.8) is 0 Å². The number of benzene rings is 1. The highest BCUT2D eigenvalue weighted by molar-refractivity contribution is 5.76. The summed E-state index contributed by atoms with van der Waals surface area (Å²) in [6, 6.07) is 5.14. The second-order valence-corrected chi connectivity index (χ2v) is 4.16. The van der Waals surface area contributed by atoms with Gasteiger partial charge in [-0.1, -0.05) is 19.1 Å². The molecule has 1 aliphatic rings. The van der Waals surface area contributed by atoms with Gasteiger partial charge < -0.3 is 16.2 Å². The second-order valence-electron chi connectivity index (χ2n) is 4.16.